The molecule has 5 rings (SSSR count). The second-order valence-electron chi connectivity index (χ2n) is 9.29. The first-order valence-electron chi connectivity index (χ1n) is 11.4. The van der Waals surface area contributed by atoms with E-state index in [0.717, 1.165) is 57.4 Å². The van der Waals surface area contributed by atoms with Gasteiger partial charge in [0.15, 0.2) is 0 Å². The molecular weight excluding hydrogens is 374 g/mol. The number of aromatic nitrogens is 1. The van der Waals surface area contributed by atoms with Gasteiger partial charge >= 0.3 is 0 Å². The van der Waals surface area contributed by atoms with Crippen LogP contribution in [0.3, 0.4) is 0 Å². The molecule has 1 aromatic carbocycles. The average Bonchev–Trinajstić information content (AvgIpc) is 3.60. The number of amides is 1. The molecule has 1 N–H and O–H groups in total. The number of nitrogens with zero attached hydrogens (tertiary/aromatic N) is 2. The number of rotatable bonds is 7. The van der Waals surface area contributed by atoms with Crippen LogP contribution in [0.1, 0.15) is 48.9 Å². The average molecular weight is 406 g/mol. The molecule has 3 aliphatic rings. The van der Waals surface area contributed by atoms with E-state index in [1.807, 2.05) is 10.6 Å². The molecule has 2 aliphatic heterocycles. The van der Waals surface area contributed by atoms with Crippen molar-refractivity contribution in [3.8, 4) is 0 Å². The van der Waals surface area contributed by atoms with Crippen LogP contribution < -0.4 is 10.9 Å². The van der Waals surface area contributed by atoms with Crippen molar-refractivity contribution in [3.63, 3.8) is 0 Å². The van der Waals surface area contributed by atoms with Gasteiger partial charge in [0.2, 0.25) is 5.91 Å². The molecule has 2 aromatic rings. The van der Waals surface area contributed by atoms with Crippen molar-refractivity contribution in [3.05, 3.63) is 70.1 Å². The molecule has 30 heavy (non-hydrogen) atoms. The van der Waals surface area contributed by atoms with Gasteiger partial charge in [0.1, 0.15) is 0 Å². The Morgan fingerprint density at radius 1 is 1.03 bits per heavy atom. The normalized spacial score (nSPS) is 25.5. The smallest absolute Gasteiger partial charge is 0.251 e. The Morgan fingerprint density at radius 2 is 1.87 bits per heavy atom. The quantitative estimate of drug-likeness (QED) is 0.771. The molecule has 0 radical (unpaired) electrons. The second kappa shape index (κ2) is 8.38. The SMILES string of the molecule is O=C(NC[C@H]1[C@H]2C[C@H](CN(CCCc3ccccc3)C2)c2cccc(=O)n21)C1CC1. The van der Waals surface area contributed by atoms with E-state index in [1.54, 1.807) is 6.07 Å². The number of carbonyl (C=O) groups is 1. The third-order valence-electron chi connectivity index (χ3n) is 7.09. The van der Waals surface area contributed by atoms with Gasteiger partial charge in [-0.05, 0) is 56.2 Å². The Hall–Kier alpha value is -2.40. The standard InChI is InChI=1S/C25H31N3O2/c29-24-10-4-9-22-20-14-21(23(28(22)24)15-26-25(30)19-11-12-19)17-27(16-20)13-5-8-18-6-2-1-3-7-18/h1-4,6-7,9-10,19-21,23H,5,8,11-17H2,(H,26,30)/t20-,21+,23+/m1/s1. The van der Waals surface area contributed by atoms with Crippen LogP contribution in [0.5, 0.6) is 0 Å². The van der Waals surface area contributed by atoms with E-state index >= 15 is 0 Å². The van der Waals surface area contributed by atoms with Crippen molar-refractivity contribution in [2.75, 3.05) is 26.2 Å². The molecule has 0 unspecified atom stereocenters. The summed E-state index contributed by atoms with van der Waals surface area (Å²) in [7, 11) is 0. The highest BCUT2D eigenvalue weighted by Crippen LogP contribution is 2.41. The minimum Gasteiger partial charge on any atom is -0.354 e. The summed E-state index contributed by atoms with van der Waals surface area (Å²) in [6.07, 6.45) is 5.38. The molecular formula is C25H31N3O2. The Kier molecular flexibility index (Phi) is 5.47. The van der Waals surface area contributed by atoms with Gasteiger partial charge < -0.3 is 14.8 Å². The third-order valence-corrected chi connectivity index (χ3v) is 7.09. The Balaban J connectivity index is 1.29. The minimum atomic E-state index is 0.0598. The molecule has 158 valence electrons. The van der Waals surface area contributed by atoms with E-state index in [-0.39, 0.29) is 23.4 Å². The highest BCUT2D eigenvalue weighted by Gasteiger charge is 2.41. The van der Waals surface area contributed by atoms with E-state index in [9.17, 15) is 9.59 Å². The van der Waals surface area contributed by atoms with E-state index in [2.05, 4.69) is 46.6 Å². The van der Waals surface area contributed by atoms with Crippen LogP contribution in [-0.4, -0.2) is 41.6 Å². The number of nitrogens with one attached hydrogen (secondary N) is 1. The fourth-order valence-electron chi connectivity index (χ4n) is 5.43. The van der Waals surface area contributed by atoms with Gasteiger partial charge in [0.25, 0.3) is 5.56 Å². The third kappa shape index (κ3) is 4.08. The molecule has 1 aliphatic carbocycles. The summed E-state index contributed by atoms with van der Waals surface area (Å²) >= 11 is 0. The van der Waals surface area contributed by atoms with Gasteiger partial charge in [-0.25, -0.2) is 0 Å². The second-order valence-corrected chi connectivity index (χ2v) is 9.29. The van der Waals surface area contributed by atoms with Crippen molar-refractivity contribution < 1.29 is 4.79 Å². The summed E-state index contributed by atoms with van der Waals surface area (Å²) in [6.45, 7) is 3.69. The van der Waals surface area contributed by atoms with Crippen molar-refractivity contribution in [1.82, 2.24) is 14.8 Å². The number of pyridine rings is 1. The first kappa shape index (κ1) is 19.6. The fourth-order valence-corrected chi connectivity index (χ4v) is 5.43. The molecule has 1 aromatic heterocycles. The highest BCUT2D eigenvalue weighted by molar-refractivity contribution is 5.80. The number of carbonyl (C=O) groups excluding carboxylic acids is 1. The van der Waals surface area contributed by atoms with Gasteiger partial charge in [0, 0.05) is 43.2 Å². The number of aryl methyl sites for hydroxylation is 1. The van der Waals surface area contributed by atoms with Crippen LogP contribution in [0.2, 0.25) is 0 Å². The molecule has 3 heterocycles. The highest BCUT2D eigenvalue weighted by atomic mass is 16.2. The lowest BCUT2D eigenvalue weighted by atomic mass is 9.78. The van der Waals surface area contributed by atoms with Crippen LogP contribution in [0.4, 0.5) is 0 Å². The molecule has 0 spiro atoms. The number of piperidine rings is 1. The first-order chi connectivity index (χ1) is 14.7. The largest absolute Gasteiger partial charge is 0.354 e. The van der Waals surface area contributed by atoms with Crippen molar-refractivity contribution in [1.29, 1.82) is 0 Å². The maximum Gasteiger partial charge on any atom is 0.251 e. The summed E-state index contributed by atoms with van der Waals surface area (Å²) in [6, 6.07) is 16.4. The summed E-state index contributed by atoms with van der Waals surface area (Å²) in [5, 5.41) is 3.15. The summed E-state index contributed by atoms with van der Waals surface area (Å²) in [4.78, 5) is 27.6. The minimum absolute atomic E-state index is 0.0598. The van der Waals surface area contributed by atoms with Crippen molar-refractivity contribution in [2.24, 2.45) is 11.8 Å². The van der Waals surface area contributed by atoms with Crippen LogP contribution >= 0.6 is 0 Å². The molecule has 2 bridgehead atoms. The lowest BCUT2D eigenvalue weighted by Gasteiger charge is -2.47. The van der Waals surface area contributed by atoms with E-state index in [1.165, 1.54) is 5.56 Å². The lowest BCUT2D eigenvalue weighted by molar-refractivity contribution is -0.122. The predicted molar refractivity (Wildman–Crippen MR) is 118 cm³/mol. The van der Waals surface area contributed by atoms with Gasteiger partial charge in [-0.2, -0.15) is 0 Å². The van der Waals surface area contributed by atoms with Crippen molar-refractivity contribution >= 4 is 5.91 Å². The fraction of sp³-hybridized carbons (Fsp3) is 0.520. The number of hydrogen-bond donors (Lipinski definition) is 1. The van der Waals surface area contributed by atoms with Gasteiger partial charge in [0.05, 0.1) is 6.04 Å². The number of likely N-dealkylation sites (tertiary alicyclic amines) is 1. The maximum absolute atomic E-state index is 12.7. The topological polar surface area (TPSA) is 54.3 Å². The monoisotopic (exact) mass is 405 g/mol. The van der Waals surface area contributed by atoms with Crippen LogP contribution in [0.25, 0.3) is 0 Å². The Morgan fingerprint density at radius 3 is 2.67 bits per heavy atom. The number of benzene rings is 1. The van der Waals surface area contributed by atoms with E-state index in [4.69, 9.17) is 0 Å². The zero-order valence-corrected chi connectivity index (χ0v) is 17.5. The Labute approximate surface area is 178 Å². The van der Waals surface area contributed by atoms with Gasteiger partial charge in [-0.3, -0.25) is 9.59 Å². The molecule has 5 nitrogen and oxygen atoms in total. The van der Waals surface area contributed by atoms with Gasteiger partial charge in [-0.15, -0.1) is 0 Å². The first-order valence-corrected chi connectivity index (χ1v) is 11.4. The molecule has 2 fully saturated rings. The maximum atomic E-state index is 12.7. The number of fused-ring (bicyclic) bond motifs is 4. The van der Waals surface area contributed by atoms with Crippen molar-refractivity contribution in [2.45, 2.75) is 44.1 Å². The van der Waals surface area contributed by atoms with E-state index < -0.39 is 0 Å². The summed E-state index contributed by atoms with van der Waals surface area (Å²) < 4.78 is 1.99. The Bertz CT molecular complexity index is 950. The summed E-state index contributed by atoms with van der Waals surface area (Å²) in [5.41, 5.74) is 2.62. The zero-order chi connectivity index (χ0) is 20.5. The molecule has 3 atom stereocenters. The van der Waals surface area contributed by atoms with Crippen LogP contribution in [0, 0.1) is 11.8 Å². The molecule has 5 heteroatoms. The molecule has 1 saturated heterocycles. The van der Waals surface area contributed by atoms with Crippen LogP contribution in [-0.2, 0) is 11.2 Å². The van der Waals surface area contributed by atoms with E-state index in [0.29, 0.717) is 18.4 Å². The molecule has 1 saturated carbocycles. The predicted octanol–water partition coefficient (Wildman–Crippen LogP) is 2.97. The van der Waals surface area contributed by atoms with Gasteiger partial charge in [-0.1, -0.05) is 36.4 Å². The number of hydrogen-bond acceptors (Lipinski definition) is 3. The molecule has 1 amide bonds. The lowest BCUT2D eigenvalue weighted by Crippen LogP contribution is -2.52. The zero-order valence-electron chi connectivity index (χ0n) is 17.5. The summed E-state index contributed by atoms with van der Waals surface area (Å²) in [5.74, 6) is 1.18. The van der Waals surface area contributed by atoms with Crippen LogP contribution in [0.15, 0.2) is 53.3 Å².